The van der Waals surface area contributed by atoms with Crippen molar-refractivity contribution in [1.82, 2.24) is 0 Å². The van der Waals surface area contributed by atoms with Crippen molar-refractivity contribution in [3.05, 3.63) is 0 Å². The molecule has 9 heteroatoms. The monoisotopic (exact) mass is 374 g/mol. The topological polar surface area (TPSA) is 118 Å². The molecule has 0 amide bonds. The molecule has 7 nitrogen and oxygen atoms in total. The average molecular weight is 375 g/mol. The number of unbranched alkanes of at least 4 members (excludes halogenated alkanes) is 6. The molecule has 0 radical (unpaired) electrons. The SMILES string of the molecule is CCCCCCC(OC(CCCCCC)S(=O)(=O)O)S(=O)(=O)O. The Hall–Kier alpha value is -0.220. The third-order valence-corrected chi connectivity index (χ3v) is 5.58. The minimum Gasteiger partial charge on any atom is -0.338 e. The van der Waals surface area contributed by atoms with Crippen molar-refractivity contribution < 1.29 is 30.7 Å². The van der Waals surface area contributed by atoms with E-state index >= 15 is 0 Å². The van der Waals surface area contributed by atoms with Gasteiger partial charge in [-0.2, -0.15) is 16.8 Å². The molecular weight excluding hydrogens is 344 g/mol. The minimum absolute atomic E-state index is 0.000185. The fourth-order valence-corrected chi connectivity index (χ4v) is 3.77. The van der Waals surface area contributed by atoms with E-state index in [9.17, 15) is 25.9 Å². The maximum absolute atomic E-state index is 11.4. The van der Waals surface area contributed by atoms with Crippen LogP contribution in [0.25, 0.3) is 0 Å². The number of hydrogen-bond donors (Lipinski definition) is 2. The van der Waals surface area contributed by atoms with Crippen LogP contribution in [0.4, 0.5) is 0 Å². The zero-order chi connectivity index (χ0) is 17.9. The van der Waals surface area contributed by atoms with Gasteiger partial charge >= 0.3 is 0 Å². The first-order valence-electron chi connectivity index (χ1n) is 8.21. The maximum atomic E-state index is 11.4. The summed E-state index contributed by atoms with van der Waals surface area (Å²) < 4.78 is 69.1. The normalized spacial score (nSPS) is 15.5. The first kappa shape index (κ1) is 22.8. The Morgan fingerprint density at radius 3 is 1.30 bits per heavy atom. The highest BCUT2D eigenvalue weighted by atomic mass is 32.2. The first-order valence-corrected chi connectivity index (χ1v) is 11.2. The van der Waals surface area contributed by atoms with Crippen LogP contribution in [0.5, 0.6) is 0 Å². The Morgan fingerprint density at radius 1 is 0.696 bits per heavy atom. The molecule has 0 aromatic rings. The van der Waals surface area contributed by atoms with Gasteiger partial charge in [-0.1, -0.05) is 52.4 Å². The van der Waals surface area contributed by atoms with Crippen LogP contribution < -0.4 is 0 Å². The molecule has 0 fully saturated rings. The quantitative estimate of drug-likeness (QED) is 0.353. The van der Waals surface area contributed by atoms with Gasteiger partial charge in [0, 0.05) is 0 Å². The van der Waals surface area contributed by atoms with Crippen molar-refractivity contribution in [2.24, 2.45) is 0 Å². The Labute approximate surface area is 140 Å². The highest BCUT2D eigenvalue weighted by molar-refractivity contribution is 7.87. The van der Waals surface area contributed by atoms with Crippen LogP contribution in [0.1, 0.15) is 78.1 Å². The molecule has 0 saturated heterocycles. The Bertz CT molecular complexity index is 453. The van der Waals surface area contributed by atoms with E-state index in [0.29, 0.717) is 12.8 Å². The van der Waals surface area contributed by atoms with Crippen molar-refractivity contribution in [3.63, 3.8) is 0 Å². The van der Waals surface area contributed by atoms with Crippen molar-refractivity contribution in [2.45, 2.75) is 88.9 Å². The minimum atomic E-state index is -4.54. The van der Waals surface area contributed by atoms with E-state index in [2.05, 4.69) is 0 Å². The van der Waals surface area contributed by atoms with Gasteiger partial charge in [-0.25, -0.2) is 0 Å². The van der Waals surface area contributed by atoms with Gasteiger partial charge in [-0.3, -0.25) is 9.11 Å². The Morgan fingerprint density at radius 2 is 1.04 bits per heavy atom. The lowest BCUT2D eigenvalue weighted by Gasteiger charge is -2.21. The molecule has 0 aliphatic rings. The standard InChI is InChI=1S/C14H30O7S2/c1-3-5-7-9-11-13(22(15,16)17)21-14(23(18,19)20)12-10-8-6-4-2/h13-14H,3-12H2,1-2H3,(H,15,16,17)(H,18,19,20). The third kappa shape index (κ3) is 11.0. The predicted octanol–water partition coefficient (Wildman–Crippen LogP) is 3.37. The highest BCUT2D eigenvalue weighted by Gasteiger charge is 2.32. The number of rotatable bonds is 14. The summed E-state index contributed by atoms with van der Waals surface area (Å²) in [4.78, 5) is 0. The van der Waals surface area contributed by atoms with E-state index in [4.69, 9.17) is 4.74 Å². The largest absolute Gasteiger partial charge is 0.338 e. The van der Waals surface area contributed by atoms with Crippen LogP contribution in [-0.4, -0.2) is 36.8 Å². The summed E-state index contributed by atoms with van der Waals surface area (Å²) in [5, 5.41) is 0. The smallest absolute Gasteiger partial charge is 0.292 e. The zero-order valence-corrected chi connectivity index (χ0v) is 15.6. The molecule has 0 aliphatic heterocycles. The second kappa shape index (κ2) is 11.4. The van der Waals surface area contributed by atoms with Crippen LogP contribution in [0.2, 0.25) is 0 Å². The van der Waals surface area contributed by atoms with E-state index in [1.807, 2.05) is 13.8 Å². The van der Waals surface area contributed by atoms with Crippen LogP contribution >= 0.6 is 0 Å². The first-order chi connectivity index (χ1) is 10.6. The summed E-state index contributed by atoms with van der Waals surface area (Å²) in [6.07, 6.45) is 6.26. The van der Waals surface area contributed by atoms with Gasteiger partial charge < -0.3 is 4.74 Å². The molecule has 0 bridgehead atoms. The van der Waals surface area contributed by atoms with Crippen molar-refractivity contribution in [1.29, 1.82) is 0 Å². The van der Waals surface area contributed by atoms with Gasteiger partial charge in [0.05, 0.1) is 0 Å². The van der Waals surface area contributed by atoms with Crippen molar-refractivity contribution >= 4 is 20.2 Å². The second-order valence-corrected chi connectivity index (χ2v) is 8.84. The summed E-state index contributed by atoms with van der Waals surface area (Å²) in [6, 6.07) is 0. The van der Waals surface area contributed by atoms with Crippen molar-refractivity contribution in [2.75, 3.05) is 0 Å². The molecule has 0 aromatic carbocycles. The van der Waals surface area contributed by atoms with Crippen LogP contribution in [-0.2, 0) is 25.0 Å². The molecule has 2 unspecified atom stereocenters. The summed E-state index contributed by atoms with van der Waals surface area (Å²) in [6.45, 7) is 4.00. The Kier molecular flexibility index (Phi) is 11.2. The van der Waals surface area contributed by atoms with Crippen LogP contribution in [0.3, 0.4) is 0 Å². The van der Waals surface area contributed by atoms with Gasteiger partial charge in [0.25, 0.3) is 20.2 Å². The summed E-state index contributed by atoms with van der Waals surface area (Å²) in [5.74, 6) is 0. The fourth-order valence-electron chi connectivity index (χ4n) is 2.22. The van der Waals surface area contributed by atoms with Gasteiger partial charge in [-0.05, 0) is 25.7 Å². The number of hydrogen-bond acceptors (Lipinski definition) is 5. The lowest BCUT2D eigenvalue weighted by molar-refractivity contribution is 0.0558. The van der Waals surface area contributed by atoms with Gasteiger partial charge in [0.15, 0.2) is 10.9 Å². The second-order valence-electron chi connectivity index (χ2n) is 5.72. The van der Waals surface area contributed by atoms with Gasteiger partial charge in [0.1, 0.15) is 0 Å². The van der Waals surface area contributed by atoms with E-state index in [1.54, 1.807) is 0 Å². The molecule has 0 aliphatic carbocycles. The molecule has 23 heavy (non-hydrogen) atoms. The summed E-state index contributed by atoms with van der Waals surface area (Å²) >= 11 is 0. The van der Waals surface area contributed by atoms with Crippen molar-refractivity contribution in [3.8, 4) is 0 Å². The average Bonchev–Trinajstić information content (AvgIpc) is 2.42. The van der Waals surface area contributed by atoms with E-state index < -0.39 is 31.1 Å². The number of ether oxygens (including phenoxy) is 1. The van der Waals surface area contributed by atoms with Crippen LogP contribution in [0, 0.1) is 0 Å². The summed E-state index contributed by atoms with van der Waals surface area (Å²) in [7, 11) is -9.08. The van der Waals surface area contributed by atoms with Gasteiger partial charge in [0.2, 0.25) is 0 Å². The molecule has 0 aromatic heterocycles. The molecule has 140 valence electrons. The fraction of sp³-hybridized carbons (Fsp3) is 1.00. The van der Waals surface area contributed by atoms with Crippen LogP contribution in [0.15, 0.2) is 0 Å². The Balaban J connectivity index is 4.78. The molecular formula is C14H30O7S2. The zero-order valence-electron chi connectivity index (χ0n) is 14.0. The maximum Gasteiger partial charge on any atom is 0.292 e. The van der Waals surface area contributed by atoms with E-state index in [-0.39, 0.29) is 12.8 Å². The molecule has 0 saturated carbocycles. The van der Waals surface area contributed by atoms with E-state index in [0.717, 1.165) is 38.5 Å². The third-order valence-electron chi connectivity index (χ3n) is 3.55. The lowest BCUT2D eigenvalue weighted by atomic mass is 10.1. The molecule has 0 spiro atoms. The van der Waals surface area contributed by atoms with E-state index in [1.165, 1.54) is 0 Å². The molecule has 2 atom stereocenters. The molecule has 0 heterocycles. The summed E-state index contributed by atoms with van der Waals surface area (Å²) in [5.41, 5.74) is -3.25. The molecule has 0 rings (SSSR count). The highest BCUT2D eigenvalue weighted by Crippen LogP contribution is 2.20. The van der Waals surface area contributed by atoms with Gasteiger partial charge in [-0.15, -0.1) is 0 Å². The lowest BCUT2D eigenvalue weighted by Crippen LogP contribution is -2.33. The predicted molar refractivity (Wildman–Crippen MR) is 89.3 cm³/mol. The molecule has 2 N–H and O–H groups in total.